The Kier molecular flexibility index (Phi) is 5.08. The lowest BCUT2D eigenvalue weighted by atomic mass is 9.76. The van der Waals surface area contributed by atoms with Crippen molar-refractivity contribution in [2.24, 2.45) is 5.73 Å². The Morgan fingerprint density at radius 1 is 1.24 bits per heavy atom. The molecule has 1 aliphatic carbocycles. The number of para-hydroxylation sites is 1. The van der Waals surface area contributed by atoms with Crippen LogP contribution < -0.4 is 15.8 Å². The summed E-state index contributed by atoms with van der Waals surface area (Å²) < 4.78 is 6.82. The van der Waals surface area contributed by atoms with Crippen LogP contribution in [0.1, 0.15) is 23.3 Å². The Bertz CT molecular complexity index is 993. The summed E-state index contributed by atoms with van der Waals surface area (Å²) >= 11 is 0. The summed E-state index contributed by atoms with van der Waals surface area (Å²) in [7, 11) is 1.62. The molecular formula is C22H24N4O3. The summed E-state index contributed by atoms with van der Waals surface area (Å²) in [6.07, 6.45) is 0.977. The molecule has 0 spiro atoms. The van der Waals surface area contributed by atoms with Crippen LogP contribution in [0.2, 0.25) is 0 Å². The van der Waals surface area contributed by atoms with E-state index in [1.165, 1.54) is 0 Å². The maximum absolute atomic E-state index is 12.9. The number of nitrogens with two attached hydrogens (primary N) is 1. The van der Waals surface area contributed by atoms with Gasteiger partial charge in [-0.15, -0.1) is 0 Å². The van der Waals surface area contributed by atoms with Gasteiger partial charge in [0.1, 0.15) is 11.4 Å². The lowest BCUT2D eigenvalue weighted by Gasteiger charge is -2.41. The number of carbonyl (C=O) groups excluding carboxylic acids is 1. The highest BCUT2D eigenvalue weighted by molar-refractivity contribution is 5.94. The molecule has 0 radical (unpaired) electrons. The maximum Gasteiger partial charge on any atom is 0.270 e. The maximum atomic E-state index is 12.9. The monoisotopic (exact) mass is 392 g/mol. The normalized spacial score (nSPS) is 20.7. The van der Waals surface area contributed by atoms with Crippen molar-refractivity contribution < 1.29 is 14.6 Å². The number of ether oxygens (including phenoxy) is 1. The molecule has 29 heavy (non-hydrogen) atoms. The third-order valence-corrected chi connectivity index (χ3v) is 5.19. The second kappa shape index (κ2) is 7.69. The fraction of sp³-hybridized carbons (Fsp3) is 0.273. The van der Waals surface area contributed by atoms with Crippen LogP contribution in [0.25, 0.3) is 16.9 Å². The molecule has 2 aromatic carbocycles. The number of nitrogens with zero attached hydrogens (tertiary/aromatic N) is 2. The van der Waals surface area contributed by atoms with Crippen LogP contribution in [0, 0.1) is 0 Å². The van der Waals surface area contributed by atoms with E-state index in [2.05, 4.69) is 10.4 Å². The van der Waals surface area contributed by atoms with Crippen molar-refractivity contribution >= 4 is 5.91 Å². The van der Waals surface area contributed by atoms with E-state index in [9.17, 15) is 9.90 Å². The molecule has 4 rings (SSSR count). The summed E-state index contributed by atoms with van der Waals surface area (Å²) in [6.45, 7) is 0.164. The van der Waals surface area contributed by atoms with Crippen molar-refractivity contribution in [1.82, 2.24) is 15.1 Å². The molecule has 1 saturated carbocycles. The minimum absolute atomic E-state index is 0.00609. The largest absolute Gasteiger partial charge is 0.497 e. The molecule has 150 valence electrons. The molecule has 0 atom stereocenters. The molecule has 1 heterocycles. The van der Waals surface area contributed by atoms with E-state index in [4.69, 9.17) is 10.5 Å². The number of carbonyl (C=O) groups is 1. The topological polar surface area (TPSA) is 102 Å². The number of hydrogen-bond acceptors (Lipinski definition) is 5. The molecule has 7 nitrogen and oxygen atoms in total. The molecule has 1 aliphatic rings. The lowest BCUT2D eigenvalue weighted by molar-refractivity contribution is -0.0430. The number of hydrogen-bond donors (Lipinski definition) is 3. The highest BCUT2D eigenvalue weighted by atomic mass is 16.5. The van der Waals surface area contributed by atoms with E-state index >= 15 is 0 Å². The number of rotatable bonds is 6. The van der Waals surface area contributed by atoms with E-state index < -0.39 is 5.60 Å². The first kappa shape index (κ1) is 19.2. The van der Waals surface area contributed by atoms with Gasteiger partial charge in [0.25, 0.3) is 5.91 Å². The van der Waals surface area contributed by atoms with E-state index in [0.717, 1.165) is 17.0 Å². The van der Waals surface area contributed by atoms with Gasteiger partial charge in [0, 0.05) is 18.2 Å². The van der Waals surface area contributed by atoms with Gasteiger partial charge in [-0.2, -0.15) is 5.10 Å². The van der Waals surface area contributed by atoms with Crippen LogP contribution in [-0.2, 0) is 0 Å². The molecule has 1 aromatic heterocycles. The van der Waals surface area contributed by atoms with E-state index in [-0.39, 0.29) is 18.5 Å². The van der Waals surface area contributed by atoms with E-state index in [1.807, 2.05) is 54.6 Å². The zero-order valence-corrected chi connectivity index (χ0v) is 16.2. The number of nitrogens with one attached hydrogen (secondary N) is 1. The van der Waals surface area contributed by atoms with Gasteiger partial charge in [-0.1, -0.05) is 18.2 Å². The SMILES string of the molecule is COc1ccc(-c2cc(C(=O)NCC3(O)CC(N)C3)n(-c3ccccc3)n2)cc1. The van der Waals surface area contributed by atoms with Crippen molar-refractivity contribution in [2.75, 3.05) is 13.7 Å². The van der Waals surface area contributed by atoms with Gasteiger partial charge in [0.2, 0.25) is 0 Å². The van der Waals surface area contributed by atoms with Crippen LogP contribution >= 0.6 is 0 Å². The molecule has 4 N–H and O–H groups in total. The van der Waals surface area contributed by atoms with Crippen molar-refractivity contribution in [2.45, 2.75) is 24.5 Å². The Labute approximate surface area is 169 Å². The Morgan fingerprint density at radius 3 is 2.55 bits per heavy atom. The van der Waals surface area contributed by atoms with Crippen molar-refractivity contribution in [1.29, 1.82) is 0 Å². The number of aromatic nitrogens is 2. The first-order valence-corrected chi connectivity index (χ1v) is 9.53. The van der Waals surface area contributed by atoms with E-state index in [1.54, 1.807) is 17.9 Å². The predicted molar refractivity (Wildman–Crippen MR) is 110 cm³/mol. The van der Waals surface area contributed by atoms with E-state index in [0.29, 0.717) is 24.2 Å². The molecular weight excluding hydrogens is 368 g/mol. The Morgan fingerprint density at radius 2 is 1.93 bits per heavy atom. The summed E-state index contributed by atoms with van der Waals surface area (Å²) in [5.74, 6) is 0.455. The molecule has 3 aromatic rings. The van der Waals surface area contributed by atoms with Crippen LogP contribution in [0.5, 0.6) is 5.75 Å². The quantitative estimate of drug-likeness (QED) is 0.596. The summed E-state index contributed by atoms with van der Waals surface area (Å²) in [4.78, 5) is 12.9. The van der Waals surface area contributed by atoms with Gasteiger partial charge < -0.3 is 20.9 Å². The van der Waals surface area contributed by atoms with Crippen LogP contribution in [-0.4, -0.2) is 46.1 Å². The van der Waals surface area contributed by atoms with Gasteiger partial charge in [-0.25, -0.2) is 4.68 Å². The minimum atomic E-state index is -0.925. The lowest BCUT2D eigenvalue weighted by Crippen LogP contribution is -2.57. The average Bonchev–Trinajstić information content (AvgIpc) is 3.17. The summed E-state index contributed by atoms with van der Waals surface area (Å²) in [6, 6.07) is 18.7. The molecule has 1 fully saturated rings. The van der Waals surface area contributed by atoms with Crippen molar-refractivity contribution in [3.63, 3.8) is 0 Å². The second-order valence-electron chi connectivity index (χ2n) is 7.47. The number of methoxy groups -OCH3 is 1. The molecule has 7 heteroatoms. The number of benzene rings is 2. The van der Waals surface area contributed by atoms with Crippen LogP contribution in [0.3, 0.4) is 0 Å². The third-order valence-electron chi connectivity index (χ3n) is 5.19. The Balaban J connectivity index is 1.63. The van der Waals surface area contributed by atoms with Gasteiger partial charge in [0.15, 0.2) is 0 Å². The minimum Gasteiger partial charge on any atom is -0.497 e. The number of amides is 1. The highest BCUT2D eigenvalue weighted by Crippen LogP contribution is 2.30. The summed E-state index contributed by atoms with van der Waals surface area (Å²) in [5.41, 5.74) is 7.56. The third kappa shape index (κ3) is 4.01. The van der Waals surface area contributed by atoms with Gasteiger partial charge >= 0.3 is 0 Å². The first-order valence-electron chi connectivity index (χ1n) is 9.53. The first-order chi connectivity index (χ1) is 14.0. The fourth-order valence-corrected chi connectivity index (χ4v) is 3.61. The smallest absolute Gasteiger partial charge is 0.270 e. The number of aliphatic hydroxyl groups is 1. The summed E-state index contributed by atoms with van der Waals surface area (Å²) in [5, 5.41) is 17.8. The van der Waals surface area contributed by atoms with Crippen molar-refractivity contribution in [3.8, 4) is 22.7 Å². The van der Waals surface area contributed by atoms with Crippen molar-refractivity contribution in [3.05, 3.63) is 66.4 Å². The van der Waals surface area contributed by atoms with Gasteiger partial charge in [-0.05, 0) is 55.3 Å². The molecule has 1 amide bonds. The second-order valence-corrected chi connectivity index (χ2v) is 7.47. The zero-order valence-electron chi connectivity index (χ0n) is 16.2. The molecule has 0 unspecified atom stereocenters. The molecule has 0 aliphatic heterocycles. The average molecular weight is 392 g/mol. The van der Waals surface area contributed by atoms with Gasteiger partial charge in [-0.3, -0.25) is 4.79 Å². The zero-order chi connectivity index (χ0) is 20.4. The Hall–Kier alpha value is -3.16. The predicted octanol–water partition coefficient (Wildman–Crippen LogP) is 2.13. The molecule has 0 bridgehead atoms. The van der Waals surface area contributed by atoms with Crippen LogP contribution in [0.15, 0.2) is 60.7 Å². The highest BCUT2D eigenvalue weighted by Gasteiger charge is 2.41. The van der Waals surface area contributed by atoms with Gasteiger partial charge in [0.05, 0.1) is 24.1 Å². The standard InChI is InChI=1S/C22H24N4O3/c1-29-18-9-7-15(8-10-18)19-11-20(26(25-19)17-5-3-2-4-6-17)21(27)24-14-22(28)12-16(23)13-22/h2-11,16,28H,12-14,23H2,1H3,(H,24,27). The van der Waals surface area contributed by atoms with Crippen LogP contribution in [0.4, 0.5) is 0 Å². The molecule has 0 saturated heterocycles. The fourth-order valence-electron chi connectivity index (χ4n) is 3.61.